The number of rotatable bonds is 6. The van der Waals surface area contributed by atoms with Crippen LogP contribution in [0.25, 0.3) is 0 Å². The lowest BCUT2D eigenvalue weighted by atomic mass is 9.93. The molecular formula is C16H26BrIN4O. The Hall–Kier alpha value is -0.830. The molecule has 0 aliphatic rings. The number of benzene rings is 1. The Bertz CT molecular complexity index is 549. The zero-order valence-electron chi connectivity index (χ0n) is 14.1. The summed E-state index contributed by atoms with van der Waals surface area (Å²) in [5, 5.41) is 3.24. The molecule has 0 atom stereocenters. The van der Waals surface area contributed by atoms with Crippen LogP contribution in [0.1, 0.15) is 26.3 Å². The largest absolute Gasteiger partial charge is 0.369 e. The Balaban J connectivity index is 0.00000484. The molecule has 5 nitrogen and oxygen atoms in total. The molecule has 0 bridgehead atoms. The highest BCUT2D eigenvalue weighted by Crippen LogP contribution is 2.18. The van der Waals surface area contributed by atoms with E-state index in [1.165, 1.54) is 5.56 Å². The molecule has 1 aromatic carbocycles. The molecule has 3 N–H and O–H groups in total. The number of carbonyl (C=O) groups is 1. The van der Waals surface area contributed by atoms with Crippen LogP contribution in [-0.4, -0.2) is 36.9 Å². The normalized spacial score (nSPS) is 11.6. The molecule has 23 heavy (non-hydrogen) atoms. The van der Waals surface area contributed by atoms with Crippen LogP contribution >= 0.6 is 39.9 Å². The molecule has 130 valence electrons. The van der Waals surface area contributed by atoms with Crippen LogP contribution in [0.3, 0.4) is 0 Å². The Morgan fingerprint density at radius 1 is 1.39 bits per heavy atom. The van der Waals surface area contributed by atoms with Crippen LogP contribution in [-0.2, 0) is 11.3 Å². The minimum Gasteiger partial charge on any atom is -0.369 e. The van der Waals surface area contributed by atoms with Gasteiger partial charge in [0.15, 0.2) is 5.96 Å². The molecule has 7 heteroatoms. The molecule has 0 spiro atoms. The van der Waals surface area contributed by atoms with Gasteiger partial charge in [0.2, 0.25) is 5.91 Å². The number of nitrogens with one attached hydrogen (secondary N) is 1. The minimum absolute atomic E-state index is 0. The predicted molar refractivity (Wildman–Crippen MR) is 110 cm³/mol. The maximum atomic E-state index is 11.4. The number of hydrogen-bond acceptors (Lipinski definition) is 2. The highest BCUT2D eigenvalue weighted by molar-refractivity contribution is 14.0. The van der Waals surface area contributed by atoms with E-state index in [4.69, 9.17) is 5.73 Å². The molecule has 0 unspecified atom stereocenters. The van der Waals surface area contributed by atoms with Gasteiger partial charge >= 0.3 is 0 Å². The molecule has 0 aliphatic carbocycles. The van der Waals surface area contributed by atoms with Gasteiger partial charge in [0, 0.05) is 24.6 Å². The van der Waals surface area contributed by atoms with Gasteiger partial charge in [-0.15, -0.1) is 24.0 Å². The number of amides is 1. The van der Waals surface area contributed by atoms with Crippen LogP contribution in [0, 0.1) is 5.41 Å². The number of nitrogens with zero attached hydrogens (tertiary/aromatic N) is 2. The van der Waals surface area contributed by atoms with E-state index in [1.54, 1.807) is 13.8 Å². The standard InChI is InChI=1S/C16H25BrN4O.HI/c1-5-19-15(20-11-16(2,3)14(18)22)21(4)10-12-8-6-7-9-13(12)17;/h6-9H,5,10-11H2,1-4H3,(H2,18,22)(H,19,20);1H. The Labute approximate surface area is 164 Å². The number of hydrogen-bond donors (Lipinski definition) is 2. The lowest BCUT2D eigenvalue weighted by Gasteiger charge is -2.24. The lowest BCUT2D eigenvalue weighted by molar-refractivity contribution is -0.125. The first-order valence-corrected chi connectivity index (χ1v) is 8.10. The molecule has 1 rings (SSSR count). The van der Waals surface area contributed by atoms with Gasteiger partial charge in [0.05, 0.1) is 12.0 Å². The third kappa shape index (κ3) is 7.07. The highest BCUT2D eigenvalue weighted by atomic mass is 127. The van der Waals surface area contributed by atoms with Crippen molar-refractivity contribution in [2.45, 2.75) is 27.3 Å². The first-order chi connectivity index (χ1) is 10.3. The second-order valence-electron chi connectivity index (χ2n) is 5.87. The van der Waals surface area contributed by atoms with Crippen molar-refractivity contribution in [3.8, 4) is 0 Å². The summed E-state index contributed by atoms with van der Waals surface area (Å²) in [4.78, 5) is 18.0. The van der Waals surface area contributed by atoms with Crippen LogP contribution < -0.4 is 11.1 Å². The van der Waals surface area contributed by atoms with Crippen LogP contribution in [0.4, 0.5) is 0 Å². The van der Waals surface area contributed by atoms with Crippen molar-refractivity contribution in [3.05, 3.63) is 34.3 Å². The smallest absolute Gasteiger partial charge is 0.224 e. The molecular weight excluding hydrogens is 471 g/mol. The van der Waals surface area contributed by atoms with E-state index in [2.05, 4.69) is 32.3 Å². The Kier molecular flexibility index (Phi) is 9.76. The summed E-state index contributed by atoms with van der Waals surface area (Å²) < 4.78 is 1.06. The summed E-state index contributed by atoms with van der Waals surface area (Å²) >= 11 is 3.55. The SMILES string of the molecule is CCNC(=NCC(C)(C)C(N)=O)N(C)Cc1ccccc1Br.I. The monoisotopic (exact) mass is 496 g/mol. The summed E-state index contributed by atoms with van der Waals surface area (Å²) in [6, 6.07) is 8.08. The molecule has 0 aromatic heterocycles. The van der Waals surface area contributed by atoms with Gasteiger partial charge in [-0.2, -0.15) is 0 Å². The Morgan fingerprint density at radius 3 is 2.52 bits per heavy atom. The number of aliphatic imine (C=N–C) groups is 1. The van der Waals surface area contributed by atoms with E-state index < -0.39 is 5.41 Å². The van der Waals surface area contributed by atoms with Crippen LogP contribution in [0.5, 0.6) is 0 Å². The van der Waals surface area contributed by atoms with Crippen molar-refractivity contribution in [1.82, 2.24) is 10.2 Å². The van der Waals surface area contributed by atoms with Crippen molar-refractivity contribution >= 4 is 51.8 Å². The van der Waals surface area contributed by atoms with Crippen molar-refractivity contribution < 1.29 is 4.79 Å². The molecule has 0 radical (unpaired) electrons. The van der Waals surface area contributed by atoms with E-state index in [0.717, 1.165) is 17.0 Å². The van der Waals surface area contributed by atoms with E-state index >= 15 is 0 Å². The van der Waals surface area contributed by atoms with Crippen molar-refractivity contribution in [2.24, 2.45) is 16.1 Å². The first kappa shape index (κ1) is 22.2. The molecule has 1 amide bonds. The zero-order valence-corrected chi connectivity index (χ0v) is 18.0. The predicted octanol–water partition coefficient (Wildman–Crippen LogP) is 2.98. The maximum absolute atomic E-state index is 11.4. The van der Waals surface area contributed by atoms with Gasteiger partial charge < -0.3 is 16.0 Å². The topological polar surface area (TPSA) is 70.7 Å². The summed E-state index contributed by atoms with van der Waals surface area (Å²) in [5.41, 5.74) is 5.91. The fourth-order valence-corrected chi connectivity index (χ4v) is 2.19. The fourth-order valence-electron chi connectivity index (χ4n) is 1.78. The number of carbonyl (C=O) groups excluding carboxylic acids is 1. The van der Waals surface area contributed by atoms with E-state index in [-0.39, 0.29) is 29.9 Å². The summed E-state index contributed by atoms with van der Waals surface area (Å²) in [6.45, 7) is 7.44. The third-order valence-corrected chi connectivity index (χ3v) is 4.13. The van der Waals surface area contributed by atoms with Crippen LogP contribution in [0.2, 0.25) is 0 Å². The van der Waals surface area contributed by atoms with Crippen molar-refractivity contribution in [1.29, 1.82) is 0 Å². The van der Waals surface area contributed by atoms with E-state index in [1.807, 2.05) is 37.1 Å². The van der Waals surface area contributed by atoms with Crippen molar-refractivity contribution in [3.63, 3.8) is 0 Å². The molecule has 0 heterocycles. The zero-order chi connectivity index (χ0) is 16.8. The molecule has 0 fully saturated rings. The van der Waals surface area contributed by atoms with Gasteiger partial charge in [-0.1, -0.05) is 34.1 Å². The van der Waals surface area contributed by atoms with Gasteiger partial charge in [0.25, 0.3) is 0 Å². The summed E-state index contributed by atoms with van der Waals surface area (Å²) in [5.74, 6) is 0.410. The van der Waals surface area contributed by atoms with Gasteiger partial charge in [0.1, 0.15) is 0 Å². The number of guanidine groups is 1. The lowest BCUT2D eigenvalue weighted by Crippen LogP contribution is -2.40. The quantitative estimate of drug-likeness (QED) is 0.361. The number of halogens is 2. The average Bonchev–Trinajstić information content (AvgIpc) is 2.45. The van der Waals surface area contributed by atoms with Crippen LogP contribution in [0.15, 0.2) is 33.7 Å². The van der Waals surface area contributed by atoms with E-state index in [0.29, 0.717) is 13.1 Å². The summed E-state index contributed by atoms with van der Waals surface area (Å²) in [7, 11) is 1.97. The number of nitrogens with two attached hydrogens (primary N) is 1. The molecule has 0 aliphatic heterocycles. The summed E-state index contributed by atoms with van der Waals surface area (Å²) in [6.07, 6.45) is 0. The van der Waals surface area contributed by atoms with Gasteiger partial charge in [-0.3, -0.25) is 9.79 Å². The molecule has 0 saturated carbocycles. The second-order valence-corrected chi connectivity index (χ2v) is 6.72. The fraction of sp³-hybridized carbons (Fsp3) is 0.500. The average molecular weight is 497 g/mol. The second kappa shape index (κ2) is 10.1. The maximum Gasteiger partial charge on any atom is 0.224 e. The third-order valence-electron chi connectivity index (χ3n) is 3.35. The minimum atomic E-state index is -0.658. The molecule has 1 aromatic rings. The van der Waals surface area contributed by atoms with E-state index in [9.17, 15) is 4.79 Å². The van der Waals surface area contributed by atoms with Crippen molar-refractivity contribution in [2.75, 3.05) is 20.1 Å². The van der Waals surface area contributed by atoms with Gasteiger partial charge in [-0.25, -0.2) is 0 Å². The number of primary amides is 1. The Morgan fingerprint density at radius 2 is 2.00 bits per heavy atom. The van der Waals surface area contributed by atoms with Gasteiger partial charge in [-0.05, 0) is 32.4 Å². The first-order valence-electron chi connectivity index (χ1n) is 7.30. The molecule has 0 saturated heterocycles. The highest BCUT2D eigenvalue weighted by Gasteiger charge is 2.25.